The van der Waals surface area contributed by atoms with Gasteiger partial charge in [0.15, 0.2) is 0 Å². The molecular weight excluding hydrogens is 218 g/mol. The van der Waals surface area contributed by atoms with Crippen LogP contribution >= 0.6 is 0 Å². The van der Waals surface area contributed by atoms with Crippen LogP contribution in [0.2, 0.25) is 0 Å². The third kappa shape index (κ3) is 4.99. The van der Waals surface area contributed by atoms with Gasteiger partial charge in [0.2, 0.25) is 0 Å². The quantitative estimate of drug-likeness (QED) is 0.416. The van der Waals surface area contributed by atoms with Crippen LogP contribution in [0.4, 0.5) is 11.5 Å². The van der Waals surface area contributed by atoms with Gasteiger partial charge < -0.3 is 20.7 Å². The number of nitrogen functional groups attached to an aromatic ring is 1. The van der Waals surface area contributed by atoms with Gasteiger partial charge in [0.05, 0.1) is 5.60 Å². The molecule has 6 heteroatoms. The molecule has 1 atom stereocenters. The van der Waals surface area contributed by atoms with E-state index in [2.05, 4.69) is 15.7 Å². The number of rotatable bonds is 6. The van der Waals surface area contributed by atoms with Crippen LogP contribution in [0.5, 0.6) is 0 Å². The minimum Gasteiger partial charge on any atom is -0.387 e. The maximum atomic E-state index is 10.1. The number of pyridine rings is 1. The molecule has 1 aromatic rings. The van der Waals surface area contributed by atoms with E-state index in [1.165, 1.54) is 0 Å². The zero-order valence-electron chi connectivity index (χ0n) is 10.6. The van der Waals surface area contributed by atoms with Crippen molar-refractivity contribution in [3.63, 3.8) is 0 Å². The van der Waals surface area contributed by atoms with Crippen molar-refractivity contribution in [1.82, 2.24) is 9.88 Å². The summed E-state index contributed by atoms with van der Waals surface area (Å²) in [5, 5.41) is 13.3. The van der Waals surface area contributed by atoms with Crippen molar-refractivity contribution in [3.8, 4) is 0 Å². The monoisotopic (exact) mass is 239 g/mol. The first-order valence-corrected chi connectivity index (χ1v) is 5.46. The Kier molecular flexibility index (Phi) is 4.68. The summed E-state index contributed by atoms with van der Waals surface area (Å²) >= 11 is 0. The Balaban J connectivity index is 2.54. The number of anilines is 2. The molecule has 1 heterocycles. The molecule has 96 valence electrons. The van der Waals surface area contributed by atoms with E-state index in [1.807, 2.05) is 25.1 Å². The molecule has 0 saturated carbocycles. The number of hydrazine groups is 1. The number of nitrogens with one attached hydrogen (secondary N) is 2. The number of aromatic nitrogens is 1. The minimum atomic E-state index is -0.789. The molecule has 6 nitrogen and oxygen atoms in total. The van der Waals surface area contributed by atoms with Crippen LogP contribution in [0, 0.1) is 0 Å². The van der Waals surface area contributed by atoms with Gasteiger partial charge in [-0.2, -0.15) is 0 Å². The Morgan fingerprint density at radius 2 is 2.24 bits per heavy atom. The molecule has 0 aromatic carbocycles. The highest BCUT2D eigenvalue weighted by atomic mass is 16.3. The van der Waals surface area contributed by atoms with Crippen molar-refractivity contribution < 1.29 is 5.11 Å². The normalized spacial score (nSPS) is 14.5. The van der Waals surface area contributed by atoms with Crippen molar-refractivity contribution in [3.05, 3.63) is 18.3 Å². The van der Waals surface area contributed by atoms with Crippen LogP contribution in [0.25, 0.3) is 0 Å². The summed E-state index contributed by atoms with van der Waals surface area (Å²) in [5.41, 5.74) is 2.55. The lowest BCUT2D eigenvalue weighted by Crippen LogP contribution is -2.43. The Morgan fingerprint density at radius 1 is 1.53 bits per heavy atom. The third-order valence-corrected chi connectivity index (χ3v) is 2.24. The van der Waals surface area contributed by atoms with Crippen molar-refractivity contribution in [2.24, 2.45) is 5.84 Å². The van der Waals surface area contributed by atoms with Crippen LogP contribution < -0.4 is 16.6 Å². The molecule has 1 aromatic heterocycles. The second-order valence-corrected chi connectivity index (χ2v) is 4.66. The first kappa shape index (κ1) is 13.7. The Hall–Kier alpha value is -1.37. The lowest BCUT2D eigenvalue weighted by atomic mass is 10.1. The molecule has 0 radical (unpaired) electrons. The van der Waals surface area contributed by atoms with Gasteiger partial charge in [-0.25, -0.2) is 10.8 Å². The average molecular weight is 239 g/mol. The topological polar surface area (TPSA) is 86.4 Å². The minimum absolute atomic E-state index is 0.458. The SMILES string of the molecule is CN(C)CC(C)(O)CNc1ccnc(NN)c1. The summed E-state index contributed by atoms with van der Waals surface area (Å²) in [4.78, 5) is 5.95. The van der Waals surface area contributed by atoms with Crippen LogP contribution in [0.3, 0.4) is 0 Å². The molecule has 0 spiro atoms. The fourth-order valence-electron chi connectivity index (χ4n) is 1.65. The maximum absolute atomic E-state index is 10.1. The van der Waals surface area contributed by atoms with E-state index in [0.29, 0.717) is 18.9 Å². The van der Waals surface area contributed by atoms with Crippen LogP contribution in [-0.4, -0.2) is 47.8 Å². The van der Waals surface area contributed by atoms with E-state index in [-0.39, 0.29) is 0 Å². The summed E-state index contributed by atoms with van der Waals surface area (Å²) in [7, 11) is 3.86. The largest absolute Gasteiger partial charge is 0.387 e. The number of nitrogens with zero attached hydrogens (tertiary/aromatic N) is 2. The fourth-order valence-corrected chi connectivity index (χ4v) is 1.65. The summed E-state index contributed by atoms with van der Waals surface area (Å²) in [6, 6.07) is 3.61. The van der Waals surface area contributed by atoms with Gasteiger partial charge >= 0.3 is 0 Å². The highest BCUT2D eigenvalue weighted by molar-refractivity contribution is 5.51. The Labute approximate surface area is 102 Å². The van der Waals surface area contributed by atoms with E-state index in [0.717, 1.165) is 5.69 Å². The van der Waals surface area contributed by atoms with Crippen molar-refractivity contribution in [1.29, 1.82) is 0 Å². The zero-order valence-corrected chi connectivity index (χ0v) is 10.6. The smallest absolute Gasteiger partial charge is 0.141 e. The van der Waals surface area contributed by atoms with Crippen LogP contribution in [-0.2, 0) is 0 Å². The van der Waals surface area contributed by atoms with Gasteiger partial charge in [-0.1, -0.05) is 0 Å². The van der Waals surface area contributed by atoms with Gasteiger partial charge in [0.25, 0.3) is 0 Å². The summed E-state index contributed by atoms with van der Waals surface area (Å²) in [5.74, 6) is 5.86. The number of likely N-dealkylation sites (N-methyl/N-ethyl adjacent to an activating group) is 1. The van der Waals surface area contributed by atoms with Crippen LogP contribution in [0.15, 0.2) is 18.3 Å². The van der Waals surface area contributed by atoms with Crippen LogP contribution in [0.1, 0.15) is 6.92 Å². The molecule has 0 aliphatic heterocycles. The number of hydrogen-bond acceptors (Lipinski definition) is 6. The Bertz CT molecular complexity index is 353. The van der Waals surface area contributed by atoms with Gasteiger partial charge in [0.1, 0.15) is 5.82 Å². The zero-order chi connectivity index (χ0) is 12.9. The summed E-state index contributed by atoms with van der Waals surface area (Å²) in [6.45, 7) is 2.84. The average Bonchev–Trinajstić information content (AvgIpc) is 2.25. The molecule has 0 aliphatic carbocycles. The third-order valence-electron chi connectivity index (χ3n) is 2.24. The lowest BCUT2D eigenvalue weighted by Gasteiger charge is -2.27. The second kappa shape index (κ2) is 5.81. The molecule has 1 unspecified atom stereocenters. The summed E-state index contributed by atoms with van der Waals surface area (Å²) in [6.07, 6.45) is 1.65. The standard InChI is InChI=1S/C11H21N5O/c1-11(17,8-16(2)3)7-14-9-4-5-13-10(6-9)15-12/h4-6,17H,7-8,12H2,1-3H3,(H2,13,14,15). The van der Waals surface area contributed by atoms with Crippen molar-refractivity contribution >= 4 is 11.5 Å². The first-order chi connectivity index (χ1) is 7.93. The molecule has 0 aliphatic rings. The van der Waals surface area contributed by atoms with Gasteiger partial charge in [-0.05, 0) is 27.1 Å². The van der Waals surface area contributed by atoms with E-state index >= 15 is 0 Å². The molecule has 0 fully saturated rings. The lowest BCUT2D eigenvalue weighted by molar-refractivity contribution is 0.0460. The molecule has 0 saturated heterocycles. The van der Waals surface area contributed by atoms with Crippen molar-refractivity contribution in [2.45, 2.75) is 12.5 Å². The van der Waals surface area contributed by atoms with Gasteiger partial charge in [0, 0.05) is 31.0 Å². The highest BCUT2D eigenvalue weighted by Gasteiger charge is 2.20. The maximum Gasteiger partial charge on any atom is 0.141 e. The molecule has 1 rings (SSSR count). The van der Waals surface area contributed by atoms with Gasteiger partial charge in [-0.15, -0.1) is 0 Å². The molecular formula is C11H21N5O. The number of nitrogens with two attached hydrogens (primary N) is 1. The van der Waals surface area contributed by atoms with Gasteiger partial charge in [-0.3, -0.25) is 0 Å². The predicted molar refractivity (Wildman–Crippen MR) is 69.7 cm³/mol. The molecule has 17 heavy (non-hydrogen) atoms. The first-order valence-electron chi connectivity index (χ1n) is 5.46. The molecule has 0 amide bonds. The van der Waals surface area contributed by atoms with E-state index < -0.39 is 5.60 Å². The molecule has 5 N–H and O–H groups in total. The number of aliphatic hydroxyl groups is 1. The van der Waals surface area contributed by atoms with Crippen molar-refractivity contribution in [2.75, 3.05) is 37.9 Å². The highest BCUT2D eigenvalue weighted by Crippen LogP contribution is 2.13. The molecule has 0 bridgehead atoms. The predicted octanol–water partition coefficient (Wildman–Crippen LogP) is 0.0917. The fraction of sp³-hybridized carbons (Fsp3) is 0.545. The summed E-state index contributed by atoms with van der Waals surface area (Å²) < 4.78 is 0. The van der Waals surface area contributed by atoms with E-state index in [9.17, 15) is 5.11 Å². The second-order valence-electron chi connectivity index (χ2n) is 4.66. The Morgan fingerprint density at radius 3 is 2.82 bits per heavy atom. The van der Waals surface area contributed by atoms with E-state index in [1.54, 1.807) is 19.2 Å². The number of hydrogen-bond donors (Lipinski definition) is 4. The van der Waals surface area contributed by atoms with E-state index in [4.69, 9.17) is 5.84 Å².